The molecule has 0 saturated carbocycles. The first-order chi connectivity index (χ1) is 10.8. The number of carboxylic acids is 1. The van der Waals surface area contributed by atoms with Crippen molar-refractivity contribution < 1.29 is 9.90 Å². The quantitative estimate of drug-likeness (QED) is 0.215. The molecule has 0 radical (unpaired) electrons. The van der Waals surface area contributed by atoms with E-state index in [-0.39, 0.29) is 6.42 Å². The third-order valence-electron chi connectivity index (χ3n) is 3.53. The van der Waals surface area contributed by atoms with Crippen LogP contribution in [0, 0.1) is 0 Å². The highest BCUT2D eigenvalue weighted by molar-refractivity contribution is 5.66. The standard InChI is InChI=1S/C20H34O2/c1-2-3-4-5-6-7-8-9-10-11-12-13-14-15-16-17-18-19-20(21)22/h6-9,15-16H,2-5,10-14,17-19H2,1H3,(H,21,22)/b7-6+,9-8+,16-15+. The lowest BCUT2D eigenvalue weighted by atomic mass is 10.1. The van der Waals surface area contributed by atoms with Crippen LogP contribution in [0.1, 0.15) is 84.0 Å². The van der Waals surface area contributed by atoms with Gasteiger partial charge in [0.1, 0.15) is 0 Å². The van der Waals surface area contributed by atoms with Gasteiger partial charge in [0.25, 0.3) is 0 Å². The monoisotopic (exact) mass is 306 g/mol. The van der Waals surface area contributed by atoms with Gasteiger partial charge in [0.05, 0.1) is 0 Å². The van der Waals surface area contributed by atoms with Crippen molar-refractivity contribution in [2.75, 3.05) is 0 Å². The van der Waals surface area contributed by atoms with E-state index in [2.05, 4.69) is 43.4 Å². The molecule has 0 saturated heterocycles. The van der Waals surface area contributed by atoms with Crippen LogP contribution in [-0.4, -0.2) is 11.1 Å². The Hall–Kier alpha value is -1.31. The second-order valence-corrected chi connectivity index (χ2v) is 5.75. The molecular weight excluding hydrogens is 272 g/mol. The van der Waals surface area contributed by atoms with Crippen LogP contribution in [0.5, 0.6) is 0 Å². The second kappa shape index (κ2) is 17.7. The van der Waals surface area contributed by atoms with Crippen LogP contribution in [-0.2, 0) is 4.79 Å². The van der Waals surface area contributed by atoms with Crippen molar-refractivity contribution in [1.82, 2.24) is 0 Å². The fourth-order valence-corrected chi connectivity index (χ4v) is 2.17. The minimum atomic E-state index is -0.697. The van der Waals surface area contributed by atoms with E-state index in [1.54, 1.807) is 0 Å². The molecule has 0 aliphatic rings. The molecular formula is C20H34O2. The van der Waals surface area contributed by atoms with Gasteiger partial charge in [-0.1, -0.05) is 62.6 Å². The number of rotatable bonds is 15. The Morgan fingerprint density at radius 1 is 0.727 bits per heavy atom. The molecule has 0 aliphatic carbocycles. The number of aliphatic carboxylic acids is 1. The Morgan fingerprint density at radius 3 is 1.77 bits per heavy atom. The maximum Gasteiger partial charge on any atom is 0.303 e. The van der Waals surface area contributed by atoms with E-state index in [1.165, 1.54) is 51.4 Å². The van der Waals surface area contributed by atoms with E-state index < -0.39 is 5.97 Å². The van der Waals surface area contributed by atoms with Gasteiger partial charge in [0.2, 0.25) is 0 Å². The van der Waals surface area contributed by atoms with Crippen molar-refractivity contribution in [3.05, 3.63) is 36.5 Å². The van der Waals surface area contributed by atoms with Crippen molar-refractivity contribution >= 4 is 5.97 Å². The van der Waals surface area contributed by atoms with Crippen molar-refractivity contribution in [2.45, 2.75) is 84.0 Å². The van der Waals surface area contributed by atoms with Crippen LogP contribution >= 0.6 is 0 Å². The molecule has 0 amide bonds. The average molecular weight is 306 g/mol. The Balaban J connectivity index is 3.25. The third kappa shape index (κ3) is 18.7. The molecule has 22 heavy (non-hydrogen) atoms. The fraction of sp³-hybridized carbons (Fsp3) is 0.650. The number of hydrogen-bond acceptors (Lipinski definition) is 1. The first-order valence-electron chi connectivity index (χ1n) is 8.95. The highest BCUT2D eigenvalue weighted by atomic mass is 16.4. The van der Waals surface area contributed by atoms with Gasteiger partial charge < -0.3 is 5.11 Å². The van der Waals surface area contributed by atoms with Crippen LogP contribution in [0.15, 0.2) is 36.5 Å². The van der Waals surface area contributed by atoms with Crippen molar-refractivity contribution in [1.29, 1.82) is 0 Å². The van der Waals surface area contributed by atoms with Gasteiger partial charge >= 0.3 is 5.97 Å². The Morgan fingerprint density at radius 2 is 1.23 bits per heavy atom. The van der Waals surface area contributed by atoms with Gasteiger partial charge in [0, 0.05) is 6.42 Å². The number of unbranched alkanes of at least 4 members (excludes halogenated alkanes) is 8. The summed E-state index contributed by atoms with van der Waals surface area (Å²) in [4.78, 5) is 10.3. The summed E-state index contributed by atoms with van der Waals surface area (Å²) >= 11 is 0. The molecule has 0 aromatic carbocycles. The SMILES string of the molecule is CCCCC/C=C/C=C/CCCCC/C=C/CCCC(=O)O. The highest BCUT2D eigenvalue weighted by Gasteiger charge is 1.93. The molecule has 2 heteroatoms. The summed E-state index contributed by atoms with van der Waals surface area (Å²) in [6.45, 7) is 2.24. The zero-order valence-corrected chi connectivity index (χ0v) is 14.3. The molecule has 0 atom stereocenters. The normalized spacial score (nSPS) is 12.0. The molecule has 0 bridgehead atoms. The molecule has 0 aromatic heterocycles. The molecule has 126 valence electrons. The van der Waals surface area contributed by atoms with Crippen LogP contribution in [0.4, 0.5) is 0 Å². The number of hydrogen-bond donors (Lipinski definition) is 1. The Labute approximate surface area is 137 Å². The summed E-state index contributed by atoms with van der Waals surface area (Å²) in [6, 6.07) is 0. The summed E-state index contributed by atoms with van der Waals surface area (Å²) < 4.78 is 0. The zero-order chi connectivity index (χ0) is 16.3. The topological polar surface area (TPSA) is 37.3 Å². The predicted octanol–water partition coefficient (Wildman–Crippen LogP) is 6.44. The molecule has 0 aliphatic heterocycles. The van der Waals surface area contributed by atoms with Crippen LogP contribution in [0.2, 0.25) is 0 Å². The van der Waals surface area contributed by atoms with E-state index in [0.29, 0.717) is 0 Å². The third-order valence-corrected chi connectivity index (χ3v) is 3.53. The van der Waals surface area contributed by atoms with Crippen molar-refractivity contribution in [2.24, 2.45) is 0 Å². The average Bonchev–Trinajstić information content (AvgIpc) is 2.50. The van der Waals surface area contributed by atoms with E-state index in [0.717, 1.165) is 19.3 Å². The van der Waals surface area contributed by atoms with Gasteiger partial charge in [-0.25, -0.2) is 0 Å². The lowest BCUT2D eigenvalue weighted by Crippen LogP contribution is -1.92. The number of carbonyl (C=O) groups is 1. The highest BCUT2D eigenvalue weighted by Crippen LogP contribution is 2.06. The van der Waals surface area contributed by atoms with Gasteiger partial charge in [-0.2, -0.15) is 0 Å². The summed E-state index contributed by atoms with van der Waals surface area (Å²) in [6.07, 6.45) is 26.3. The van der Waals surface area contributed by atoms with E-state index in [1.807, 2.05) is 0 Å². The molecule has 1 N–H and O–H groups in total. The maximum absolute atomic E-state index is 10.3. The van der Waals surface area contributed by atoms with Crippen LogP contribution < -0.4 is 0 Å². The molecule has 0 unspecified atom stereocenters. The molecule has 0 aromatic rings. The second-order valence-electron chi connectivity index (χ2n) is 5.75. The smallest absolute Gasteiger partial charge is 0.303 e. The van der Waals surface area contributed by atoms with Crippen molar-refractivity contribution in [3.63, 3.8) is 0 Å². The zero-order valence-electron chi connectivity index (χ0n) is 14.3. The van der Waals surface area contributed by atoms with Gasteiger partial charge in [-0.3, -0.25) is 4.79 Å². The summed E-state index contributed by atoms with van der Waals surface area (Å²) in [5.41, 5.74) is 0. The lowest BCUT2D eigenvalue weighted by molar-refractivity contribution is -0.137. The van der Waals surface area contributed by atoms with Gasteiger partial charge in [-0.15, -0.1) is 0 Å². The van der Waals surface area contributed by atoms with Crippen LogP contribution in [0.25, 0.3) is 0 Å². The summed E-state index contributed by atoms with van der Waals surface area (Å²) in [5.74, 6) is -0.697. The van der Waals surface area contributed by atoms with E-state index >= 15 is 0 Å². The predicted molar refractivity (Wildman–Crippen MR) is 96.1 cm³/mol. The Bertz CT molecular complexity index is 327. The number of allylic oxidation sites excluding steroid dienone is 6. The summed E-state index contributed by atoms with van der Waals surface area (Å²) in [7, 11) is 0. The van der Waals surface area contributed by atoms with Gasteiger partial charge in [0.15, 0.2) is 0 Å². The first-order valence-corrected chi connectivity index (χ1v) is 8.95. The first kappa shape index (κ1) is 20.7. The largest absolute Gasteiger partial charge is 0.481 e. The fourth-order valence-electron chi connectivity index (χ4n) is 2.17. The minimum Gasteiger partial charge on any atom is -0.481 e. The number of carboxylic acid groups (broad SMARTS) is 1. The minimum absolute atomic E-state index is 0.281. The lowest BCUT2D eigenvalue weighted by Gasteiger charge is -1.95. The van der Waals surface area contributed by atoms with E-state index in [4.69, 9.17) is 5.11 Å². The molecule has 2 nitrogen and oxygen atoms in total. The molecule has 0 spiro atoms. The van der Waals surface area contributed by atoms with Crippen molar-refractivity contribution in [3.8, 4) is 0 Å². The molecule has 0 fully saturated rings. The van der Waals surface area contributed by atoms with E-state index in [9.17, 15) is 4.79 Å². The molecule has 0 heterocycles. The molecule has 0 rings (SSSR count). The van der Waals surface area contributed by atoms with Gasteiger partial charge in [-0.05, 0) is 51.4 Å². The van der Waals surface area contributed by atoms with Crippen LogP contribution in [0.3, 0.4) is 0 Å². The Kier molecular flexibility index (Phi) is 16.7. The maximum atomic E-state index is 10.3. The summed E-state index contributed by atoms with van der Waals surface area (Å²) in [5, 5.41) is 8.51.